The van der Waals surface area contributed by atoms with Crippen molar-refractivity contribution in [1.29, 1.82) is 0 Å². The molecule has 1 rings (SSSR count). The molecular weight excluding hydrogens is 190 g/mol. The molecule has 1 aromatic heterocycles. The van der Waals surface area contributed by atoms with E-state index < -0.39 is 0 Å². The molecule has 1 amide bonds. The fourth-order valence-corrected chi connectivity index (χ4v) is 1.28. The van der Waals surface area contributed by atoms with E-state index in [0.29, 0.717) is 18.8 Å². The Kier molecular flexibility index (Phi) is 4.95. The van der Waals surface area contributed by atoms with E-state index in [1.807, 2.05) is 12.1 Å². The molecule has 3 nitrogen and oxygen atoms in total. The fraction of sp³-hybridized carbons (Fsp3) is 0.583. The summed E-state index contributed by atoms with van der Waals surface area (Å²) in [7, 11) is 0. The van der Waals surface area contributed by atoms with Gasteiger partial charge in [0.15, 0.2) is 0 Å². The zero-order valence-corrected chi connectivity index (χ0v) is 9.45. The molecule has 0 spiro atoms. The molecule has 0 aromatic carbocycles. The molecule has 1 aromatic rings. The third kappa shape index (κ3) is 5.25. The van der Waals surface area contributed by atoms with Crippen LogP contribution >= 0.6 is 0 Å². The van der Waals surface area contributed by atoms with Gasteiger partial charge in [-0.25, -0.2) is 0 Å². The maximum Gasteiger partial charge on any atom is 0.220 e. The SMILES string of the molecule is CC(C)CCNC(=O)CCc1ccco1. The van der Waals surface area contributed by atoms with Crippen molar-refractivity contribution in [2.75, 3.05) is 6.54 Å². The molecule has 0 fully saturated rings. The summed E-state index contributed by atoms with van der Waals surface area (Å²) in [6.07, 6.45) is 3.85. The minimum Gasteiger partial charge on any atom is -0.469 e. The monoisotopic (exact) mass is 209 g/mol. The maximum absolute atomic E-state index is 11.4. The minimum absolute atomic E-state index is 0.104. The van der Waals surface area contributed by atoms with Gasteiger partial charge in [-0.15, -0.1) is 0 Å². The zero-order valence-electron chi connectivity index (χ0n) is 9.45. The van der Waals surface area contributed by atoms with E-state index in [2.05, 4.69) is 19.2 Å². The van der Waals surface area contributed by atoms with Crippen LogP contribution in [-0.4, -0.2) is 12.5 Å². The summed E-state index contributed by atoms with van der Waals surface area (Å²) in [5.41, 5.74) is 0. The highest BCUT2D eigenvalue weighted by atomic mass is 16.3. The van der Waals surface area contributed by atoms with Crippen LogP contribution in [0, 0.1) is 5.92 Å². The number of furan rings is 1. The van der Waals surface area contributed by atoms with Crippen molar-refractivity contribution in [3.05, 3.63) is 24.2 Å². The van der Waals surface area contributed by atoms with Gasteiger partial charge in [0.25, 0.3) is 0 Å². The van der Waals surface area contributed by atoms with E-state index in [4.69, 9.17) is 4.42 Å². The molecule has 3 heteroatoms. The predicted octanol–water partition coefficient (Wildman–Crippen LogP) is 2.37. The van der Waals surface area contributed by atoms with E-state index >= 15 is 0 Å². The summed E-state index contributed by atoms with van der Waals surface area (Å²) in [4.78, 5) is 11.4. The Hall–Kier alpha value is -1.25. The smallest absolute Gasteiger partial charge is 0.220 e. The molecule has 0 aliphatic heterocycles. The van der Waals surface area contributed by atoms with Crippen LogP contribution in [0.3, 0.4) is 0 Å². The van der Waals surface area contributed by atoms with Gasteiger partial charge in [0.2, 0.25) is 5.91 Å². The van der Waals surface area contributed by atoms with Crippen molar-refractivity contribution < 1.29 is 9.21 Å². The van der Waals surface area contributed by atoms with Crippen molar-refractivity contribution in [2.24, 2.45) is 5.92 Å². The number of carbonyl (C=O) groups is 1. The number of aryl methyl sites for hydroxylation is 1. The fourth-order valence-electron chi connectivity index (χ4n) is 1.28. The number of hydrogen-bond acceptors (Lipinski definition) is 2. The van der Waals surface area contributed by atoms with Gasteiger partial charge in [-0.3, -0.25) is 4.79 Å². The summed E-state index contributed by atoms with van der Waals surface area (Å²) in [5.74, 6) is 1.61. The second-order valence-electron chi connectivity index (χ2n) is 4.11. The highest BCUT2D eigenvalue weighted by molar-refractivity contribution is 5.75. The lowest BCUT2D eigenvalue weighted by Gasteiger charge is -2.06. The Labute approximate surface area is 90.9 Å². The average Bonchev–Trinajstić information content (AvgIpc) is 2.66. The first-order valence-electron chi connectivity index (χ1n) is 5.47. The molecule has 84 valence electrons. The van der Waals surface area contributed by atoms with Gasteiger partial charge in [0.1, 0.15) is 5.76 Å². The lowest BCUT2D eigenvalue weighted by atomic mass is 10.1. The molecule has 15 heavy (non-hydrogen) atoms. The first-order chi connectivity index (χ1) is 7.18. The van der Waals surface area contributed by atoms with Crippen molar-refractivity contribution in [3.8, 4) is 0 Å². The number of hydrogen-bond donors (Lipinski definition) is 1. The molecule has 0 aliphatic carbocycles. The molecule has 0 bridgehead atoms. The standard InChI is InChI=1S/C12H19NO2/c1-10(2)7-8-13-12(14)6-5-11-4-3-9-15-11/h3-4,9-10H,5-8H2,1-2H3,(H,13,14). The van der Waals surface area contributed by atoms with Crippen LogP contribution in [0.15, 0.2) is 22.8 Å². The van der Waals surface area contributed by atoms with E-state index in [9.17, 15) is 4.79 Å². The summed E-state index contributed by atoms with van der Waals surface area (Å²) in [6, 6.07) is 3.73. The van der Waals surface area contributed by atoms with Crippen LogP contribution in [0.25, 0.3) is 0 Å². The molecule has 0 unspecified atom stereocenters. The van der Waals surface area contributed by atoms with Gasteiger partial charge < -0.3 is 9.73 Å². The lowest BCUT2D eigenvalue weighted by molar-refractivity contribution is -0.121. The van der Waals surface area contributed by atoms with E-state index in [1.165, 1.54) is 0 Å². The van der Waals surface area contributed by atoms with E-state index in [0.717, 1.165) is 18.7 Å². The molecule has 0 radical (unpaired) electrons. The maximum atomic E-state index is 11.4. The summed E-state index contributed by atoms with van der Waals surface area (Å²) < 4.78 is 5.15. The van der Waals surface area contributed by atoms with Crippen molar-refractivity contribution in [1.82, 2.24) is 5.32 Å². The van der Waals surface area contributed by atoms with Crippen LogP contribution in [-0.2, 0) is 11.2 Å². The van der Waals surface area contributed by atoms with Gasteiger partial charge in [-0.1, -0.05) is 13.8 Å². The van der Waals surface area contributed by atoms with Crippen molar-refractivity contribution in [3.63, 3.8) is 0 Å². The van der Waals surface area contributed by atoms with Crippen LogP contribution in [0.1, 0.15) is 32.4 Å². The Morgan fingerprint density at radius 3 is 2.93 bits per heavy atom. The Morgan fingerprint density at radius 1 is 1.53 bits per heavy atom. The molecule has 1 N–H and O–H groups in total. The van der Waals surface area contributed by atoms with Gasteiger partial charge >= 0.3 is 0 Å². The van der Waals surface area contributed by atoms with E-state index in [-0.39, 0.29) is 5.91 Å². The topological polar surface area (TPSA) is 42.2 Å². The first-order valence-corrected chi connectivity index (χ1v) is 5.47. The summed E-state index contributed by atoms with van der Waals surface area (Å²) in [5, 5.41) is 2.90. The third-order valence-electron chi connectivity index (χ3n) is 2.22. The highest BCUT2D eigenvalue weighted by Crippen LogP contribution is 2.03. The van der Waals surface area contributed by atoms with Crippen LogP contribution in [0.4, 0.5) is 0 Å². The van der Waals surface area contributed by atoms with Crippen LogP contribution < -0.4 is 5.32 Å². The van der Waals surface area contributed by atoms with Gasteiger partial charge in [0, 0.05) is 19.4 Å². The quantitative estimate of drug-likeness (QED) is 0.781. The largest absolute Gasteiger partial charge is 0.469 e. The van der Waals surface area contributed by atoms with Crippen molar-refractivity contribution in [2.45, 2.75) is 33.1 Å². The molecule has 0 aliphatic rings. The van der Waals surface area contributed by atoms with Crippen LogP contribution in [0.2, 0.25) is 0 Å². The molecule has 0 saturated carbocycles. The van der Waals surface area contributed by atoms with Gasteiger partial charge in [-0.05, 0) is 24.5 Å². The number of amides is 1. The number of rotatable bonds is 6. The Balaban J connectivity index is 2.09. The normalized spacial score (nSPS) is 10.6. The second-order valence-corrected chi connectivity index (χ2v) is 4.11. The van der Waals surface area contributed by atoms with E-state index in [1.54, 1.807) is 6.26 Å². The summed E-state index contributed by atoms with van der Waals surface area (Å²) >= 11 is 0. The summed E-state index contributed by atoms with van der Waals surface area (Å²) in [6.45, 7) is 5.07. The predicted molar refractivity (Wildman–Crippen MR) is 59.5 cm³/mol. The van der Waals surface area contributed by atoms with Crippen LogP contribution in [0.5, 0.6) is 0 Å². The molecule has 0 saturated heterocycles. The number of carbonyl (C=O) groups excluding carboxylic acids is 1. The van der Waals surface area contributed by atoms with Gasteiger partial charge in [0.05, 0.1) is 6.26 Å². The molecule has 1 heterocycles. The lowest BCUT2D eigenvalue weighted by Crippen LogP contribution is -2.25. The highest BCUT2D eigenvalue weighted by Gasteiger charge is 2.03. The average molecular weight is 209 g/mol. The second kappa shape index (κ2) is 6.27. The Morgan fingerprint density at radius 2 is 2.33 bits per heavy atom. The molecular formula is C12H19NO2. The third-order valence-corrected chi connectivity index (χ3v) is 2.22. The van der Waals surface area contributed by atoms with Gasteiger partial charge in [-0.2, -0.15) is 0 Å². The zero-order chi connectivity index (χ0) is 11.1. The Bertz CT molecular complexity index is 278. The number of nitrogens with one attached hydrogen (secondary N) is 1. The first kappa shape index (κ1) is 11.8. The minimum atomic E-state index is 0.104. The molecule has 0 atom stereocenters. The van der Waals surface area contributed by atoms with Crippen molar-refractivity contribution >= 4 is 5.91 Å².